The number of ketones is 1. The van der Waals surface area contributed by atoms with Gasteiger partial charge in [0.1, 0.15) is 11.5 Å². The van der Waals surface area contributed by atoms with E-state index in [1.54, 1.807) is 24.3 Å². The van der Waals surface area contributed by atoms with Gasteiger partial charge in [0.2, 0.25) is 5.82 Å². The average Bonchev–Trinajstić information content (AvgIpc) is 3.20. The van der Waals surface area contributed by atoms with Crippen molar-refractivity contribution in [2.45, 2.75) is 19.2 Å². The van der Waals surface area contributed by atoms with Crippen LogP contribution in [-0.2, 0) is 6.42 Å². The molecule has 0 saturated carbocycles. The Hall–Kier alpha value is -3.43. The van der Waals surface area contributed by atoms with Crippen molar-refractivity contribution in [3.05, 3.63) is 53.6 Å². The monoisotopic (exact) mass is 392 g/mol. The summed E-state index contributed by atoms with van der Waals surface area (Å²) in [7, 11) is 1.34. The highest BCUT2D eigenvalue weighted by Gasteiger charge is 2.31. The number of Topliss-reactive ketones (excluding diaryl/α,β-unsaturated/α-hetero) is 1. The van der Waals surface area contributed by atoms with Crippen LogP contribution in [0.4, 0.5) is 13.2 Å². The van der Waals surface area contributed by atoms with Gasteiger partial charge >= 0.3 is 6.36 Å². The van der Waals surface area contributed by atoms with Gasteiger partial charge in [-0.05, 0) is 23.3 Å². The molecule has 0 saturated heterocycles. The number of methoxy groups -OCH3 is 1. The van der Waals surface area contributed by atoms with Crippen LogP contribution in [0.1, 0.15) is 22.3 Å². The summed E-state index contributed by atoms with van der Waals surface area (Å²) in [4.78, 5) is 12.4. The minimum atomic E-state index is -4.78. The highest BCUT2D eigenvalue weighted by Crippen LogP contribution is 2.30. The second-order valence-electron chi connectivity index (χ2n) is 5.76. The summed E-state index contributed by atoms with van der Waals surface area (Å²) in [5, 5.41) is 13.5. The molecule has 0 radical (unpaired) electrons. The van der Waals surface area contributed by atoms with Gasteiger partial charge in [-0.3, -0.25) is 4.79 Å². The summed E-state index contributed by atoms with van der Waals surface area (Å²) < 4.78 is 45.9. The maximum atomic E-state index is 12.4. The van der Waals surface area contributed by atoms with Gasteiger partial charge in [-0.2, -0.15) is 5.21 Å². The molecule has 0 bridgehead atoms. The summed E-state index contributed by atoms with van der Waals surface area (Å²) in [5.74, 6) is 0.153. The molecule has 0 aliphatic rings. The highest BCUT2D eigenvalue weighted by atomic mass is 19.4. The van der Waals surface area contributed by atoms with E-state index in [2.05, 4.69) is 25.4 Å². The SMILES string of the molecule is COc1cc(OC(F)(F)F)ccc1CCC(=O)c1ccc(-c2nn[nH]n2)cc1. The fourth-order valence-electron chi connectivity index (χ4n) is 2.61. The normalized spacial score (nSPS) is 11.3. The van der Waals surface area contributed by atoms with Crippen molar-refractivity contribution in [2.24, 2.45) is 0 Å². The number of nitrogens with zero attached hydrogens (tertiary/aromatic N) is 3. The van der Waals surface area contributed by atoms with Gasteiger partial charge in [-0.1, -0.05) is 30.3 Å². The zero-order valence-electron chi connectivity index (χ0n) is 14.7. The number of alkyl halides is 3. The molecule has 1 aromatic heterocycles. The van der Waals surface area contributed by atoms with Crippen molar-refractivity contribution in [1.29, 1.82) is 0 Å². The Morgan fingerprint density at radius 2 is 1.89 bits per heavy atom. The molecule has 0 aliphatic heterocycles. The van der Waals surface area contributed by atoms with Crippen molar-refractivity contribution < 1.29 is 27.4 Å². The molecular formula is C18H15F3N4O3. The van der Waals surface area contributed by atoms with E-state index in [1.807, 2.05) is 0 Å². The van der Waals surface area contributed by atoms with Crippen molar-refractivity contribution in [3.63, 3.8) is 0 Å². The lowest BCUT2D eigenvalue weighted by atomic mass is 10.0. The number of ether oxygens (including phenoxy) is 2. The maximum absolute atomic E-state index is 12.4. The Morgan fingerprint density at radius 1 is 1.14 bits per heavy atom. The van der Waals surface area contributed by atoms with Crippen LogP contribution in [0.5, 0.6) is 11.5 Å². The first-order valence-corrected chi connectivity index (χ1v) is 8.15. The number of halogens is 3. The summed E-state index contributed by atoms with van der Waals surface area (Å²) in [6, 6.07) is 10.5. The van der Waals surface area contributed by atoms with Gasteiger partial charge in [-0.15, -0.1) is 23.4 Å². The molecule has 0 atom stereocenters. The Kier molecular flexibility index (Phi) is 5.57. The third-order valence-corrected chi connectivity index (χ3v) is 3.92. The molecular weight excluding hydrogens is 377 g/mol. The molecule has 7 nitrogen and oxygen atoms in total. The number of hydrogen-bond donors (Lipinski definition) is 1. The molecule has 1 N–H and O–H groups in total. The molecule has 2 aromatic carbocycles. The number of benzene rings is 2. The Labute approximate surface area is 157 Å². The molecule has 28 heavy (non-hydrogen) atoms. The number of carbonyl (C=O) groups excluding carboxylic acids is 1. The molecule has 0 fully saturated rings. The van der Waals surface area contributed by atoms with E-state index in [9.17, 15) is 18.0 Å². The molecule has 0 unspecified atom stereocenters. The number of tetrazole rings is 1. The van der Waals surface area contributed by atoms with Crippen LogP contribution < -0.4 is 9.47 Å². The average molecular weight is 392 g/mol. The van der Waals surface area contributed by atoms with Crippen LogP contribution >= 0.6 is 0 Å². The third-order valence-electron chi connectivity index (χ3n) is 3.92. The lowest BCUT2D eigenvalue weighted by Crippen LogP contribution is -2.17. The number of H-pyrrole nitrogens is 1. The number of aryl methyl sites for hydroxylation is 1. The van der Waals surface area contributed by atoms with Crippen molar-refractivity contribution in [1.82, 2.24) is 20.6 Å². The first kappa shape index (κ1) is 19.3. The van der Waals surface area contributed by atoms with E-state index in [0.29, 0.717) is 28.9 Å². The van der Waals surface area contributed by atoms with Crippen LogP contribution in [0.15, 0.2) is 42.5 Å². The van der Waals surface area contributed by atoms with Gasteiger partial charge in [0.05, 0.1) is 7.11 Å². The summed E-state index contributed by atoms with van der Waals surface area (Å²) >= 11 is 0. The first-order valence-electron chi connectivity index (χ1n) is 8.15. The van der Waals surface area contributed by atoms with Gasteiger partial charge in [0, 0.05) is 23.6 Å². The number of carbonyl (C=O) groups is 1. The van der Waals surface area contributed by atoms with E-state index in [-0.39, 0.29) is 23.7 Å². The van der Waals surface area contributed by atoms with Gasteiger partial charge < -0.3 is 9.47 Å². The van der Waals surface area contributed by atoms with Crippen LogP contribution in [0.25, 0.3) is 11.4 Å². The summed E-state index contributed by atoms with van der Waals surface area (Å²) in [6.07, 6.45) is -4.31. The van der Waals surface area contributed by atoms with Gasteiger partial charge in [0.15, 0.2) is 5.78 Å². The smallest absolute Gasteiger partial charge is 0.496 e. The molecule has 1 heterocycles. The lowest BCUT2D eigenvalue weighted by Gasteiger charge is -2.13. The molecule has 0 aliphatic carbocycles. The fraction of sp³-hybridized carbons (Fsp3) is 0.222. The van der Waals surface area contributed by atoms with Crippen LogP contribution in [0, 0.1) is 0 Å². The van der Waals surface area contributed by atoms with E-state index < -0.39 is 6.36 Å². The topological polar surface area (TPSA) is 90.0 Å². The minimum Gasteiger partial charge on any atom is -0.496 e. The van der Waals surface area contributed by atoms with Crippen molar-refractivity contribution in [2.75, 3.05) is 7.11 Å². The second kappa shape index (κ2) is 8.07. The van der Waals surface area contributed by atoms with E-state index >= 15 is 0 Å². The third kappa shape index (κ3) is 4.84. The quantitative estimate of drug-likeness (QED) is 0.618. The van der Waals surface area contributed by atoms with Crippen LogP contribution in [0.2, 0.25) is 0 Å². The molecule has 0 spiro atoms. The second-order valence-corrected chi connectivity index (χ2v) is 5.76. The summed E-state index contributed by atoms with van der Waals surface area (Å²) in [5.41, 5.74) is 1.82. The predicted molar refractivity (Wildman–Crippen MR) is 91.9 cm³/mol. The van der Waals surface area contributed by atoms with E-state index in [4.69, 9.17) is 4.74 Å². The Bertz CT molecular complexity index is 942. The van der Waals surface area contributed by atoms with Crippen molar-refractivity contribution >= 4 is 5.78 Å². The fourth-order valence-corrected chi connectivity index (χ4v) is 2.61. The number of aromatic nitrogens is 4. The Morgan fingerprint density at radius 3 is 2.50 bits per heavy atom. The zero-order valence-corrected chi connectivity index (χ0v) is 14.7. The predicted octanol–water partition coefficient (Wildman–Crippen LogP) is 3.59. The Balaban J connectivity index is 1.65. The van der Waals surface area contributed by atoms with Crippen LogP contribution in [-0.4, -0.2) is 39.9 Å². The number of hydrogen-bond acceptors (Lipinski definition) is 6. The van der Waals surface area contributed by atoms with Crippen molar-refractivity contribution in [3.8, 4) is 22.9 Å². The van der Waals surface area contributed by atoms with Gasteiger partial charge in [-0.25, -0.2) is 0 Å². The lowest BCUT2D eigenvalue weighted by molar-refractivity contribution is -0.274. The molecule has 3 rings (SSSR count). The first-order chi connectivity index (χ1) is 13.4. The number of nitrogens with one attached hydrogen (secondary N) is 1. The van der Waals surface area contributed by atoms with E-state index in [1.165, 1.54) is 19.2 Å². The highest BCUT2D eigenvalue weighted by molar-refractivity contribution is 5.96. The number of aromatic amines is 1. The standard InChI is InChI=1S/C18H15F3N4O3/c1-27-16-10-14(28-18(19,20)21)8-6-12(16)7-9-15(26)11-2-4-13(5-3-11)17-22-24-25-23-17/h2-6,8,10H,7,9H2,1H3,(H,22,23,24,25). The maximum Gasteiger partial charge on any atom is 0.573 e. The van der Waals surface area contributed by atoms with Crippen LogP contribution in [0.3, 0.4) is 0 Å². The van der Waals surface area contributed by atoms with E-state index in [0.717, 1.165) is 6.07 Å². The minimum absolute atomic E-state index is 0.114. The summed E-state index contributed by atoms with van der Waals surface area (Å²) in [6.45, 7) is 0. The van der Waals surface area contributed by atoms with Gasteiger partial charge in [0.25, 0.3) is 0 Å². The molecule has 0 amide bonds. The molecule has 3 aromatic rings. The molecule has 10 heteroatoms. The number of rotatable bonds is 7. The zero-order chi connectivity index (χ0) is 20.1. The molecule has 146 valence electrons. The largest absolute Gasteiger partial charge is 0.573 e.